The first-order chi connectivity index (χ1) is 12.6. The third-order valence-corrected chi connectivity index (χ3v) is 5.82. The zero-order valence-corrected chi connectivity index (χ0v) is 15.3. The number of aryl methyl sites for hydroxylation is 1. The molecule has 26 heavy (non-hydrogen) atoms. The fourth-order valence-electron chi connectivity index (χ4n) is 2.93. The van der Waals surface area contributed by atoms with E-state index in [0.29, 0.717) is 22.9 Å². The van der Waals surface area contributed by atoms with Crippen molar-refractivity contribution in [3.63, 3.8) is 0 Å². The van der Waals surface area contributed by atoms with Crippen LogP contribution in [0, 0.1) is 0 Å². The fraction of sp³-hybridized carbons (Fsp3) is 0.158. The molecule has 0 atom stereocenters. The third kappa shape index (κ3) is 3.02. The van der Waals surface area contributed by atoms with E-state index in [0.717, 1.165) is 21.1 Å². The molecule has 0 saturated carbocycles. The summed E-state index contributed by atoms with van der Waals surface area (Å²) in [6, 6.07) is 15.1. The van der Waals surface area contributed by atoms with Crippen molar-refractivity contribution in [2.24, 2.45) is 0 Å². The van der Waals surface area contributed by atoms with Gasteiger partial charge in [0, 0.05) is 16.6 Å². The van der Waals surface area contributed by atoms with Gasteiger partial charge in [-0.2, -0.15) is 0 Å². The smallest absolute Gasteiger partial charge is 0.349 e. The summed E-state index contributed by atoms with van der Waals surface area (Å²) in [4.78, 5) is 27.5. The highest BCUT2D eigenvalue weighted by Gasteiger charge is 2.18. The van der Waals surface area contributed by atoms with E-state index >= 15 is 0 Å². The van der Waals surface area contributed by atoms with Crippen molar-refractivity contribution in [3.05, 3.63) is 68.9 Å². The topological polar surface area (TPSA) is 64.1 Å². The number of hydrogen-bond donors (Lipinski definition) is 1. The zero-order chi connectivity index (χ0) is 18.1. The Kier molecular flexibility index (Phi) is 4.53. The van der Waals surface area contributed by atoms with Crippen LogP contribution < -0.4 is 5.69 Å². The monoisotopic (exact) mass is 386 g/mol. The summed E-state index contributed by atoms with van der Waals surface area (Å²) in [6.07, 6.45) is 0.538. The summed E-state index contributed by atoms with van der Waals surface area (Å²) >= 11 is 7.62. The number of benzene rings is 2. The number of esters is 1. The molecule has 132 valence electrons. The number of aromatic amines is 1. The molecule has 2 aromatic heterocycles. The van der Waals surface area contributed by atoms with E-state index in [9.17, 15) is 9.59 Å². The Bertz CT molecular complexity index is 1160. The molecule has 2 aromatic carbocycles. The van der Waals surface area contributed by atoms with Crippen LogP contribution in [0.4, 0.5) is 0 Å². The molecule has 0 aliphatic rings. The SMILES string of the molecule is O=C(OCCCn1c(=O)[nH]c2ccccc21)c1sc2ccccc2c1Cl. The molecule has 0 spiro atoms. The third-order valence-electron chi connectivity index (χ3n) is 4.16. The predicted octanol–water partition coefficient (Wildman–Crippen LogP) is 4.44. The van der Waals surface area contributed by atoms with Gasteiger partial charge in [0.2, 0.25) is 0 Å². The molecular formula is C19H15ClN2O3S. The Morgan fingerprint density at radius 1 is 1.15 bits per heavy atom. The molecule has 0 aliphatic heterocycles. The molecule has 0 radical (unpaired) electrons. The number of aromatic nitrogens is 2. The lowest BCUT2D eigenvalue weighted by Gasteiger charge is -2.05. The summed E-state index contributed by atoms with van der Waals surface area (Å²) in [5, 5.41) is 1.29. The largest absolute Gasteiger partial charge is 0.461 e. The number of H-pyrrole nitrogens is 1. The van der Waals surface area contributed by atoms with Gasteiger partial charge in [-0.05, 0) is 24.6 Å². The lowest BCUT2D eigenvalue weighted by atomic mass is 10.2. The Morgan fingerprint density at radius 3 is 2.77 bits per heavy atom. The Hall–Kier alpha value is -2.57. The van der Waals surface area contributed by atoms with E-state index < -0.39 is 5.97 Å². The van der Waals surface area contributed by atoms with Crippen LogP contribution in [-0.2, 0) is 11.3 Å². The van der Waals surface area contributed by atoms with Crippen molar-refractivity contribution in [2.75, 3.05) is 6.61 Å². The van der Waals surface area contributed by atoms with Crippen LogP contribution in [0.1, 0.15) is 16.1 Å². The molecule has 0 unspecified atom stereocenters. The molecule has 0 amide bonds. The van der Waals surface area contributed by atoms with Gasteiger partial charge >= 0.3 is 11.7 Å². The standard InChI is InChI=1S/C19H15ClN2O3S/c20-16-12-6-1-4-9-15(12)26-17(16)18(23)25-11-5-10-22-14-8-3-2-7-13(14)21-19(22)24/h1-4,6-9H,5,10-11H2,(H,21,24). The average molecular weight is 387 g/mol. The predicted molar refractivity (Wildman–Crippen MR) is 104 cm³/mol. The summed E-state index contributed by atoms with van der Waals surface area (Å²) in [5.41, 5.74) is 1.48. The van der Waals surface area contributed by atoms with Crippen LogP contribution in [-0.4, -0.2) is 22.1 Å². The number of ether oxygens (including phenoxy) is 1. The molecule has 0 aliphatic carbocycles. The van der Waals surface area contributed by atoms with Crippen LogP contribution in [0.3, 0.4) is 0 Å². The maximum Gasteiger partial charge on any atom is 0.349 e. The number of thiophene rings is 1. The van der Waals surface area contributed by atoms with E-state index in [2.05, 4.69) is 4.98 Å². The maximum absolute atomic E-state index is 12.3. The number of halogens is 1. The second kappa shape index (κ2) is 6.97. The van der Waals surface area contributed by atoms with Gasteiger partial charge in [-0.25, -0.2) is 9.59 Å². The first-order valence-corrected chi connectivity index (χ1v) is 9.36. The fourth-order valence-corrected chi connectivity index (χ4v) is 4.33. The first kappa shape index (κ1) is 16.9. The maximum atomic E-state index is 12.3. The van der Waals surface area contributed by atoms with Crippen molar-refractivity contribution in [1.29, 1.82) is 0 Å². The van der Waals surface area contributed by atoms with Gasteiger partial charge in [-0.3, -0.25) is 4.57 Å². The van der Waals surface area contributed by atoms with E-state index in [1.165, 1.54) is 11.3 Å². The van der Waals surface area contributed by atoms with Crippen molar-refractivity contribution in [3.8, 4) is 0 Å². The molecule has 4 aromatic rings. The van der Waals surface area contributed by atoms with Crippen LogP contribution >= 0.6 is 22.9 Å². The van der Waals surface area contributed by atoms with Crippen LogP contribution in [0.15, 0.2) is 53.3 Å². The van der Waals surface area contributed by atoms with Gasteiger partial charge in [-0.15, -0.1) is 11.3 Å². The van der Waals surface area contributed by atoms with E-state index in [4.69, 9.17) is 16.3 Å². The lowest BCUT2D eigenvalue weighted by Crippen LogP contribution is -2.18. The van der Waals surface area contributed by atoms with E-state index in [1.807, 2.05) is 48.5 Å². The summed E-state index contributed by atoms with van der Waals surface area (Å²) in [6.45, 7) is 0.686. The quantitative estimate of drug-likeness (QED) is 0.407. The molecule has 1 N–H and O–H groups in total. The number of para-hydroxylation sites is 2. The minimum atomic E-state index is -0.428. The Morgan fingerprint density at radius 2 is 1.92 bits per heavy atom. The molecule has 0 bridgehead atoms. The molecule has 0 saturated heterocycles. The van der Waals surface area contributed by atoms with Crippen molar-refractivity contribution in [2.45, 2.75) is 13.0 Å². The van der Waals surface area contributed by atoms with Crippen LogP contribution in [0.25, 0.3) is 21.1 Å². The van der Waals surface area contributed by atoms with E-state index in [1.54, 1.807) is 4.57 Å². The van der Waals surface area contributed by atoms with Gasteiger partial charge in [-0.1, -0.05) is 41.9 Å². The minimum Gasteiger partial charge on any atom is -0.461 e. The second-order valence-electron chi connectivity index (χ2n) is 5.83. The molecule has 5 nitrogen and oxygen atoms in total. The van der Waals surface area contributed by atoms with Crippen LogP contribution in [0.2, 0.25) is 5.02 Å². The van der Waals surface area contributed by atoms with Crippen molar-refractivity contribution < 1.29 is 9.53 Å². The summed E-state index contributed by atoms with van der Waals surface area (Å²) < 4.78 is 7.95. The first-order valence-electron chi connectivity index (χ1n) is 8.17. The number of rotatable bonds is 5. The summed E-state index contributed by atoms with van der Waals surface area (Å²) in [5.74, 6) is -0.428. The number of imidazole rings is 1. The normalized spacial score (nSPS) is 11.3. The minimum absolute atomic E-state index is 0.162. The van der Waals surface area contributed by atoms with Crippen molar-refractivity contribution in [1.82, 2.24) is 9.55 Å². The average Bonchev–Trinajstić information content (AvgIpc) is 3.16. The molecular weight excluding hydrogens is 372 g/mol. The summed E-state index contributed by atoms with van der Waals surface area (Å²) in [7, 11) is 0. The second-order valence-corrected chi connectivity index (χ2v) is 7.26. The number of nitrogens with one attached hydrogen (secondary N) is 1. The highest BCUT2D eigenvalue weighted by atomic mass is 35.5. The number of hydrogen-bond acceptors (Lipinski definition) is 4. The molecule has 2 heterocycles. The molecule has 7 heteroatoms. The Balaban J connectivity index is 1.41. The number of carbonyl (C=O) groups is 1. The van der Waals surface area contributed by atoms with Gasteiger partial charge in [0.05, 0.1) is 22.7 Å². The van der Waals surface area contributed by atoms with Gasteiger partial charge in [0.1, 0.15) is 4.88 Å². The van der Waals surface area contributed by atoms with Gasteiger partial charge in [0.15, 0.2) is 0 Å². The highest BCUT2D eigenvalue weighted by molar-refractivity contribution is 7.21. The van der Waals surface area contributed by atoms with Gasteiger partial charge < -0.3 is 9.72 Å². The van der Waals surface area contributed by atoms with E-state index in [-0.39, 0.29) is 12.3 Å². The highest BCUT2D eigenvalue weighted by Crippen LogP contribution is 2.35. The number of nitrogens with zero attached hydrogens (tertiary/aromatic N) is 1. The molecule has 0 fully saturated rings. The van der Waals surface area contributed by atoms with Crippen molar-refractivity contribution >= 4 is 50.0 Å². The number of fused-ring (bicyclic) bond motifs is 2. The Labute approximate surface area is 157 Å². The molecule has 4 rings (SSSR count). The zero-order valence-electron chi connectivity index (χ0n) is 13.7. The number of carbonyl (C=O) groups excluding carboxylic acids is 1. The van der Waals surface area contributed by atoms with Gasteiger partial charge in [0.25, 0.3) is 0 Å². The van der Waals surface area contributed by atoms with Crippen LogP contribution in [0.5, 0.6) is 0 Å². The lowest BCUT2D eigenvalue weighted by molar-refractivity contribution is 0.0502.